The molecule has 0 aromatic heterocycles. The van der Waals surface area contributed by atoms with Crippen LogP contribution in [-0.2, 0) is 4.79 Å². The van der Waals surface area contributed by atoms with Gasteiger partial charge in [0.2, 0.25) is 0 Å². The van der Waals surface area contributed by atoms with Crippen LogP contribution in [-0.4, -0.2) is 16.0 Å². The average Bonchev–Trinajstić information content (AvgIpc) is 2.18. The number of carboxylic acid groups (broad SMARTS) is 1. The summed E-state index contributed by atoms with van der Waals surface area (Å²) in [6.45, 7) is 0. The van der Waals surface area contributed by atoms with Crippen LogP contribution < -0.4 is 4.74 Å². The number of nitro groups is 1. The van der Waals surface area contributed by atoms with Crippen molar-refractivity contribution in [3.63, 3.8) is 0 Å². The van der Waals surface area contributed by atoms with Crippen molar-refractivity contribution in [3.8, 4) is 5.75 Å². The van der Waals surface area contributed by atoms with Crippen molar-refractivity contribution in [2.24, 2.45) is 0 Å². The Hall–Kier alpha value is -2.37. The summed E-state index contributed by atoms with van der Waals surface area (Å²) < 4.78 is 4.87. The van der Waals surface area contributed by atoms with Crippen molar-refractivity contribution in [3.05, 3.63) is 46.7 Å². The molecule has 0 bridgehead atoms. The zero-order chi connectivity index (χ0) is 11.3. The zero-order valence-corrected chi connectivity index (χ0v) is 7.49. The van der Waals surface area contributed by atoms with Crippen molar-refractivity contribution in [2.75, 3.05) is 0 Å². The van der Waals surface area contributed by atoms with Gasteiger partial charge in [-0.15, -0.1) is 0 Å². The summed E-state index contributed by atoms with van der Waals surface area (Å²) in [5.41, 5.74) is -0.0513. The molecule has 0 radical (unpaired) electrons. The molecular weight excluding hydrogens is 202 g/mol. The number of carboxylic acids is 1. The van der Waals surface area contributed by atoms with E-state index >= 15 is 0 Å². The predicted molar refractivity (Wildman–Crippen MR) is 50.5 cm³/mol. The quantitative estimate of drug-likeness (QED) is 0.352. The fraction of sp³-hybridized carbons (Fsp3) is 0. The normalized spacial score (nSPS) is 10.1. The minimum Gasteiger partial charge on any atom is -0.478 e. The molecule has 15 heavy (non-hydrogen) atoms. The molecule has 0 aliphatic heterocycles. The van der Waals surface area contributed by atoms with Crippen LogP contribution in [0.3, 0.4) is 0 Å². The number of benzene rings is 1. The monoisotopic (exact) mass is 209 g/mol. The second-order valence-electron chi connectivity index (χ2n) is 2.51. The minimum absolute atomic E-state index is 0.0513. The van der Waals surface area contributed by atoms with Gasteiger partial charge in [-0.25, -0.2) is 4.79 Å². The Bertz CT molecular complexity index is 395. The largest absolute Gasteiger partial charge is 0.478 e. The first-order chi connectivity index (χ1) is 7.09. The van der Waals surface area contributed by atoms with Crippen LogP contribution in [0.25, 0.3) is 0 Å². The van der Waals surface area contributed by atoms with E-state index < -0.39 is 10.9 Å². The predicted octanol–water partition coefficient (Wildman–Crippen LogP) is 1.57. The second kappa shape index (κ2) is 4.75. The number of hydrogen-bond donors (Lipinski definition) is 1. The second-order valence-corrected chi connectivity index (χ2v) is 2.51. The lowest BCUT2D eigenvalue weighted by molar-refractivity contribution is -0.384. The van der Waals surface area contributed by atoms with Crippen LogP contribution in [0.2, 0.25) is 0 Å². The minimum atomic E-state index is -1.13. The summed E-state index contributed by atoms with van der Waals surface area (Å²) >= 11 is 0. The number of non-ortho nitro benzene ring substituents is 1. The third kappa shape index (κ3) is 3.47. The van der Waals surface area contributed by atoms with Crippen molar-refractivity contribution >= 4 is 11.7 Å². The highest BCUT2D eigenvalue weighted by atomic mass is 16.6. The lowest BCUT2D eigenvalue weighted by atomic mass is 10.3. The highest BCUT2D eigenvalue weighted by molar-refractivity contribution is 5.79. The fourth-order valence-corrected chi connectivity index (χ4v) is 0.817. The lowest BCUT2D eigenvalue weighted by Gasteiger charge is -1.97. The third-order valence-corrected chi connectivity index (χ3v) is 1.46. The van der Waals surface area contributed by atoms with Gasteiger partial charge in [0.25, 0.3) is 5.69 Å². The molecule has 0 aliphatic rings. The molecule has 6 heteroatoms. The molecule has 0 atom stereocenters. The van der Waals surface area contributed by atoms with E-state index in [0.29, 0.717) is 5.75 Å². The molecule has 6 nitrogen and oxygen atoms in total. The first-order valence-electron chi connectivity index (χ1n) is 3.90. The van der Waals surface area contributed by atoms with Crippen LogP contribution >= 0.6 is 0 Å². The smallest absolute Gasteiger partial charge is 0.331 e. The number of nitro benzene ring substituents is 1. The Kier molecular flexibility index (Phi) is 3.39. The molecule has 0 aliphatic carbocycles. The summed E-state index contributed by atoms with van der Waals surface area (Å²) in [6.07, 6.45) is 1.81. The van der Waals surface area contributed by atoms with Gasteiger partial charge in [-0.3, -0.25) is 10.1 Å². The van der Waals surface area contributed by atoms with Gasteiger partial charge in [0, 0.05) is 12.1 Å². The first-order valence-corrected chi connectivity index (χ1v) is 3.90. The molecule has 1 N–H and O–H groups in total. The summed E-state index contributed by atoms with van der Waals surface area (Å²) in [5.74, 6) is -0.796. The van der Waals surface area contributed by atoms with Crippen molar-refractivity contribution < 1.29 is 19.6 Å². The van der Waals surface area contributed by atoms with Gasteiger partial charge in [-0.1, -0.05) is 0 Å². The maximum atomic E-state index is 10.3. The highest BCUT2D eigenvalue weighted by Gasteiger charge is 2.03. The van der Waals surface area contributed by atoms with Gasteiger partial charge >= 0.3 is 5.97 Å². The molecule has 0 saturated carbocycles. The number of rotatable bonds is 4. The molecule has 1 aromatic rings. The topological polar surface area (TPSA) is 89.7 Å². The molecule has 0 unspecified atom stereocenters. The standard InChI is InChI=1S/C9H7NO5/c11-9(12)5-6-15-8-3-1-7(2-4-8)10(13)14/h1-6H,(H,11,12)/b6-5+. The van der Waals surface area contributed by atoms with Crippen LogP contribution in [0, 0.1) is 10.1 Å². The first kappa shape index (κ1) is 10.7. The van der Waals surface area contributed by atoms with E-state index in [1.807, 2.05) is 0 Å². The van der Waals surface area contributed by atoms with Gasteiger partial charge in [-0.2, -0.15) is 0 Å². The summed E-state index contributed by atoms with van der Waals surface area (Å²) in [4.78, 5) is 19.8. The van der Waals surface area contributed by atoms with Crippen molar-refractivity contribution in [1.29, 1.82) is 0 Å². The van der Waals surface area contributed by atoms with Crippen LogP contribution in [0.5, 0.6) is 5.75 Å². The highest BCUT2D eigenvalue weighted by Crippen LogP contribution is 2.17. The SMILES string of the molecule is O=C(O)/C=C/Oc1ccc([N+](=O)[O-])cc1. The maximum absolute atomic E-state index is 10.3. The molecular formula is C9H7NO5. The van der Waals surface area contributed by atoms with Crippen LogP contribution in [0.15, 0.2) is 36.6 Å². The molecule has 1 aromatic carbocycles. The lowest BCUT2D eigenvalue weighted by Crippen LogP contribution is -1.90. The van der Waals surface area contributed by atoms with Crippen molar-refractivity contribution in [1.82, 2.24) is 0 Å². The molecule has 78 valence electrons. The van der Waals surface area contributed by atoms with Gasteiger partial charge < -0.3 is 9.84 Å². The van der Waals surface area contributed by atoms with Gasteiger partial charge in [0.05, 0.1) is 17.3 Å². The summed E-state index contributed by atoms with van der Waals surface area (Å²) in [6, 6.07) is 5.29. The Morgan fingerprint density at radius 2 is 2.00 bits per heavy atom. The van der Waals surface area contributed by atoms with Gasteiger partial charge in [0.1, 0.15) is 5.75 Å². The molecule has 0 spiro atoms. The van der Waals surface area contributed by atoms with E-state index in [0.717, 1.165) is 12.3 Å². The average molecular weight is 209 g/mol. The maximum Gasteiger partial charge on any atom is 0.331 e. The van der Waals surface area contributed by atoms with Crippen molar-refractivity contribution in [2.45, 2.75) is 0 Å². The number of ether oxygens (including phenoxy) is 1. The van der Waals surface area contributed by atoms with E-state index in [2.05, 4.69) is 0 Å². The number of nitrogens with zero attached hydrogens (tertiary/aromatic N) is 1. The zero-order valence-electron chi connectivity index (χ0n) is 7.49. The van der Waals surface area contributed by atoms with E-state index in [-0.39, 0.29) is 5.69 Å². The Morgan fingerprint density at radius 3 is 2.47 bits per heavy atom. The Morgan fingerprint density at radius 1 is 1.40 bits per heavy atom. The Labute approximate surface area is 84.6 Å². The molecule has 0 saturated heterocycles. The molecule has 0 heterocycles. The van der Waals surface area contributed by atoms with Gasteiger partial charge in [0.15, 0.2) is 0 Å². The van der Waals surface area contributed by atoms with E-state index in [1.165, 1.54) is 24.3 Å². The van der Waals surface area contributed by atoms with Crippen LogP contribution in [0.1, 0.15) is 0 Å². The molecule has 1 rings (SSSR count). The molecule has 0 amide bonds. The van der Waals surface area contributed by atoms with E-state index in [4.69, 9.17) is 9.84 Å². The van der Waals surface area contributed by atoms with Gasteiger partial charge in [-0.05, 0) is 12.1 Å². The Balaban J connectivity index is 2.65. The third-order valence-electron chi connectivity index (χ3n) is 1.46. The number of aliphatic carboxylic acids is 1. The fourth-order valence-electron chi connectivity index (χ4n) is 0.817. The number of carbonyl (C=O) groups is 1. The van der Waals surface area contributed by atoms with Crippen LogP contribution in [0.4, 0.5) is 5.69 Å². The van der Waals surface area contributed by atoms with E-state index in [1.54, 1.807) is 0 Å². The summed E-state index contributed by atoms with van der Waals surface area (Å²) in [7, 11) is 0. The molecule has 0 fully saturated rings. The number of hydrogen-bond acceptors (Lipinski definition) is 4. The summed E-state index contributed by atoms with van der Waals surface area (Å²) in [5, 5.41) is 18.5. The van der Waals surface area contributed by atoms with E-state index in [9.17, 15) is 14.9 Å².